The highest BCUT2D eigenvalue weighted by atomic mass is 16.5. The average Bonchev–Trinajstić information content (AvgIpc) is 2.44. The van der Waals surface area contributed by atoms with Crippen LogP contribution in [0.4, 0.5) is 0 Å². The molecule has 0 saturated heterocycles. The van der Waals surface area contributed by atoms with Gasteiger partial charge in [-0.1, -0.05) is 39.0 Å². The van der Waals surface area contributed by atoms with Crippen LogP contribution in [0.2, 0.25) is 0 Å². The molecule has 0 bridgehead atoms. The third-order valence-electron chi connectivity index (χ3n) is 3.16. The van der Waals surface area contributed by atoms with Crippen LogP contribution in [0.1, 0.15) is 58.8 Å². The summed E-state index contributed by atoms with van der Waals surface area (Å²) in [6.07, 6.45) is 7.39. The molecule has 4 heteroatoms. The van der Waals surface area contributed by atoms with E-state index in [2.05, 4.69) is 11.7 Å². The Balaban J connectivity index is 4.38. The third kappa shape index (κ3) is 6.99. The number of hydrogen-bond acceptors (Lipinski definition) is 4. The molecule has 0 aromatic heterocycles. The van der Waals surface area contributed by atoms with E-state index < -0.39 is 11.9 Å². The zero-order valence-corrected chi connectivity index (χ0v) is 12.6. The van der Waals surface area contributed by atoms with E-state index in [9.17, 15) is 9.59 Å². The van der Waals surface area contributed by atoms with E-state index in [1.165, 1.54) is 39.9 Å². The van der Waals surface area contributed by atoms with Crippen molar-refractivity contribution in [2.45, 2.75) is 58.8 Å². The van der Waals surface area contributed by atoms with Crippen molar-refractivity contribution in [1.29, 1.82) is 0 Å². The molecule has 0 aliphatic carbocycles. The molecular weight excluding hydrogens is 244 g/mol. The van der Waals surface area contributed by atoms with Crippen molar-refractivity contribution in [3.8, 4) is 0 Å². The average molecular weight is 270 g/mol. The number of unbranched alkanes of at least 4 members (excludes halogenated alkanes) is 5. The Labute approximate surface area is 116 Å². The number of esters is 2. The first kappa shape index (κ1) is 17.7. The number of carbonyl (C=O) groups excluding carboxylic acids is 2. The van der Waals surface area contributed by atoms with E-state index in [0.717, 1.165) is 12.8 Å². The van der Waals surface area contributed by atoms with E-state index in [0.29, 0.717) is 17.6 Å². The summed E-state index contributed by atoms with van der Waals surface area (Å²) < 4.78 is 9.36. The molecule has 0 heterocycles. The van der Waals surface area contributed by atoms with Crippen molar-refractivity contribution in [3.63, 3.8) is 0 Å². The lowest BCUT2D eigenvalue weighted by molar-refractivity contribution is -0.139. The molecule has 0 atom stereocenters. The number of hydrogen-bond donors (Lipinski definition) is 0. The molecule has 0 aromatic carbocycles. The molecule has 4 nitrogen and oxygen atoms in total. The molecule has 0 spiro atoms. The van der Waals surface area contributed by atoms with Crippen molar-refractivity contribution in [2.75, 3.05) is 14.2 Å². The maximum atomic E-state index is 11.7. The highest BCUT2D eigenvalue weighted by molar-refractivity contribution is 5.99. The van der Waals surface area contributed by atoms with Crippen molar-refractivity contribution in [3.05, 3.63) is 11.1 Å². The minimum absolute atomic E-state index is 0.350. The van der Waals surface area contributed by atoms with Gasteiger partial charge in [0.05, 0.1) is 14.2 Å². The zero-order chi connectivity index (χ0) is 14.7. The van der Waals surface area contributed by atoms with Gasteiger partial charge < -0.3 is 9.47 Å². The predicted molar refractivity (Wildman–Crippen MR) is 74.7 cm³/mol. The SMILES string of the molecule is CCCCCCCCC(C(=O)OC)=C(C)C(=O)OC. The molecule has 0 radical (unpaired) electrons. The third-order valence-corrected chi connectivity index (χ3v) is 3.16. The first-order chi connectivity index (χ1) is 9.08. The van der Waals surface area contributed by atoms with Gasteiger partial charge in [-0.2, -0.15) is 0 Å². The molecule has 0 fully saturated rings. The number of ether oxygens (including phenoxy) is 2. The number of rotatable bonds is 9. The number of methoxy groups -OCH3 is 2. The van der Waals surface area contributed by atoms with Crippen LogP contribution >= 0.6 is 0 Å². The van der Waals surface area contributed by atoms with Crippen LogP contribution in [0.25, 0.3) is 0 Å². The summed E-state index contributed by atoms with van der Waals surface area (Å²) >= 11 is 0. The van der Waals surface area contributed by atoms with E-state index in [1.54, 1.807) is 6.92 Å². The maximum absolute atomic E-state index is 11.7. The Morgan fingerprint density at radius 1 is 0.842 bits per heavy atom. The molecule has 19 heavy (non-hydrogen) atoms. The molecule has 110 valence electrons. The second-order valence-electron chi connectivity index (χ2n) is 4.60. The summed E-state index contributed by atoms with van der Waals surface area (Å²) in [6, 6.07) is 0. The topological polar surface area (TPSA) is 52.6 Å². The Morgan fingerprint density at radius 3 is 1.89 bits per heavy atom. The summed E-state index contributed by atoms with van der Waals surface area (Å²) in [6.45, 7) is 3.78. The van der Waals surface area contributed by atoms with Crippen LogP contribution in [0.5, 0.6) is 0 Å². The standard InChI is InChI=1S/C15H26O4/c1-5-6-7-8-9-10-11-13(15(17)19-4)12(2)14(16)18-3/h5-11H2,1-4H3. The van der Waals surface area contributed by atoms with Crippen LogP contribution < -0.4 is 0 Å². The summed E-state index contributed by atoms with van der Waals surface area (Å²) in [4.78, 5) is 23.1. The van der Waals surface area contributed by atoms with Crippen molar-refractivity contribution in [2.24, 2.45) is 0 Å². The minimum Gasteiger partial charge on any atom is -0.466 e. The molecule has 0 aromatic rings. The van der Waals surface area contributed by atoms with Gasteiger partial charge in [-0.3, -0.25) is 0 Å². The zero-order valence-electron chi connectivity index (χ0n) is 12.6. The van der Waals surface area contributed by atoms with Gasteiger partial charge in [-0.15, -0.1) is 0 Å². The van der Waals surface area contributed by atoms with Gasteiger partial charge in [-0.25, -0.2) is 9.59 Å². The highest BCUT2D eigenvalue weighted by Gasteiger charge is 2.18. The fraction of sp³-hybridized carbons (Fsp3) is 0.733. The van der Waals surface area contributed by atoms with Gasteiger partial charge in [0.2, 0.25) is 0 Å². The Morgan fingerprint density at radius 2 is 1.37 bits per heavy atom. The normalized spacial score (nSPS) is 11.8. The van der Waals surface area contributed by atoms with Crippen LogP contribution in [-0.2, 0) is 19.1 Å². The smallest absolute Gasteiger partial charge is 0.334 e. The van der Waals surface area contributed by atoms with Gasteiger partial charge in [0.25, 0.3) is 0 Å². The Kier molecular flexibility index (Phi) is 9.85. The van der Waals surface area contributed by atoms with Crippen molar-refractivity contribution in [1.82, 2.24) is 0 Å². The summed E-state index contributed by atoms with van der Waals surface area (Å²) in [5, 5.41) is 0. The summed E-state index contributed by atoms with van der Waals surface area (Å²) in [7, 11) is 2.64. The fourth-order valence-electron chi connectivity index (χ4n) is 1.92. The highest BCUT2D eigenvalue weighted by Crippen LogP contribution is 2.17. The Hall–Kier alpha value is -1.32. The molecule has 0 unspecified atom stereocenters. The monoisotopic (exact) mass is 270 g/mol. The van der Waals surface area contributed by atoms with Crippen molar-refractivity contribution >= 4 is 11.9 Å². The molecule has 0 rings (SSSR count). The van der Waals surface area contributed by atoms with Crippen LogP contribution in [0, 0.1) is 0 Å². The summed E-state index contributed by atoms with van der Waals surface area (Å²) in [5.74, 6) is -0.900. The van der Waals surface area contributed by atoms with Gasteiger partial charge >= 0.3 is 11.9 Å². The molecule has 0 aliphatic rings. The first-order valence-corrected chi connectivity index (χ1v) is 6.94. The molecule has 0 amide bonds. The maximum Gasteiger partial charge on any atom is 0.334 e. The van der Waals surface area contributed by atoms with E-state index in [4.69, 9.17) is 4.74 Å². The van der Waals surface area contributed by atoms with E-state index in [1.807, 2.05) is 0 Å². The first-order valence-electron chi connectivity index (χ1n) is 6.94. The molecular formula is C15H26O4. The van der Waals surface area contributed by atoms with Gasteiger partial charge in [0, 0.05) is 11.1 Å². The number of carbonyl (C=O) groups is 2. The molecule has 0 saturated carbocycles. The molecule has 0 aliphatic heterocycles. The van der Waals surface area contributed by atoms with Gasteiger partial charge in [0.15, 0.2) is 0 Å². The van der Waals surface area contributed by atoms with Gasteiger partial charge in [0.1, 0.15) is 0 Å². The second-order valence-corrected chi connectivity index (χ2v) is 4.60. The van der Waals surface area contributed by atoms with E-state index >= 15 is 0 Å². The summed E-state index contributed by atoms with van der Waals surface area (Å²) in [5.41, 5.74) is 0.785. The van der Waals surface area contributed by atoms with E-state index in [-0.39, 0.29) is 0 Å². The second kappa shape index (κ2) is 10.6. The van der Waals surface area contributed by atoms with Crippen LogP contribution in [0.3, 0.4) is 0 Å². The minimum atomic E-state index is -0.466. The van der Waals surface area contributed by atoms with Gasteiger partial charge in [-0.05, 0) is 19.8 Å². The van der Waals surface area contributed by atoms with Crippen LogP contribution in [0.15, 0.2) is 11.1 Å². The fourth-order valence-corrected chi connectivity index (χ4v) is 1.92. The molecule has 0 N–H and O–H groups in total. The lowest BCUT2D eigenvalue weighted by Gasteiger charge is -2.09. The quantitative estimate of drug-likeness (QED) is 0.366. The predicted octanol–water partition coefficient (Wildman–Crippen LogP) is 3.40. The lowest BCUT2D eigenvalue weighted by atomic mass is 10.0. The van der Waals surface area contributed by atoms with Crippen LogP contribution in [-0.4, -0.2) is 26.2 Å². The lowest BCUT2D eigenvalue weighted by Crippen LogP contribution is -2.13. The largest absolute Gasteiger partial charge is 0.466 e. The Bertz CT molecular complexity index is 318. The van der Waals surface area contributed by atoms with Crippen molar-refractivity contribution < 1.29 is 19.1 Å².